The molecule has 1 radical (unpaired) electrons. The van der Waals surface area contributed by atoms with Crippen molar-refractivity contribution in [1.29, 1.82) is 0 Å². The molecular weight excluding hydrogens is 184 g/mol. The molecule has 0 aliphatic heterocycles. The van der Waals surface area contributed by atoms with Crippen molar-refractivity contribution >= 4 is 0 Å². The Morgan fingerprint density at radius 2 is 1.87 bits per heavy atom. The summed E-state index contributed by atoms with van der Waals surface area (Å²) in [5, 5.41) is 0. The molecule has 0 heterocycles. The van der Waals surface area contributed by atoms with Gasteiger partial charge in [0.05, 0.1) is 0 Å². The molecule has 0 bridgehead atoms. The lowest BCUT2D eigenvalue weighted by Crippen LogP contribution is -1.89. The van der Waals surface area contributed by atoms with E-state index < -0.39 is 0 Å². The van der Waals surface area contributed by atoms with E-state index in [0.717, 1.165) is 17.9 Å². The maximum atomic E-state index is 5.74. The summed E-state index contributed by atoms with van der Waals surface area (Å²) in [6.07, 6.45) is 0.975. The van der Waals surface area contributed by atoms with E-state index in [9.17, 15) is 0 Å². The number of hydrogen-bond donors (Lipinski definition) is 0. The molecule has 0 amide bonds. The predicted molar refractivity (Wildman–Crippen MR) is 61.2 cm³/mol. The zero-order valence-electron chi connectivity index (χ0n) is 8.73. The summed E-state index contributed by atoms with van der Waals surface area (Å²) in [5.74, 6) is 1.68. The quantitative estimate of drug-likeness (QED) is 0.726. The van der Waals surface area contributed by atoms with E-state index in [0.29, 0.717) is 0 Å². The van der Waals surface area contributed by atoms with E-state index >= 15 is 0 Å². The Morgan fingerprint density at radius 1 is 1.07 bits per heavy atom. The Bertz CT molecular complexity index is 420. The zero-order valence-corrected chi connectivity index (χ0v) is 8.73. The van der Waals surface area contributed by atoms with Gasteiger partial charge in [-0.1, -0.05) is 43.3 Å². The minimum atomic E-state index is 0.762. The maximum Gasteiger partial charge on any atom is 0.135 e. The van der Waals surface area contributed by atoms with Gasteiger partial charge in [0.15, 0.2) is 0 Å². The topological polar surface area (TPSA) is 9.23 Å². The third kappa shape index (κ3) is 2.38. The highest BCUT2D eigenvalue weighted by Crippen LogP contribution is 2.24. The number of rotatable bonds is 3. The zero-order chi connectivity index (χ0) is 10.5. The van der Waals surface area contributed by atoms with Crippen molar-refractivity contribution in [3.05, 3.63) is 60.2 Å². The van der Waals surface area contributed by atoms with Crippen LogP contribution in [0.2, 0.25) is 0 Å². The molecule has 2 aromatic rings. The number of hydrogen-bond acceptors (Lipinski definition) is 1. The van der Waals surface area contributed by atoms with Crippen molar-refractivity contribution in [3.8, 4) is 11.5 Å². The molecule has 75 valence electrons. The first kappa shape index (κ1) is 9.78. The largest absolute Gasteiger partial charge is 0.456 e. The van der Waals surface area contributed by atoms with Crippen molar-refractivity contribution in [2.75, 3.05) is 0 Å². The number of ether oxygens (including phenoxy) is 1. The molecule has 2 rings (SSSR count). The summed E-state index contributed by atoms with van der Waals surface area (Å²) in [4.78, 5) is 0. The monoisotopic (exact) mass is 197 g/mol. The molecule has 0 aromatic heterocycles. The molecule has 0 atom stereocenters. The number of benzene rings is 2. The van der Waals surface area contributed by atoms with Crippen molar-refractivity contribution in [3.63, 3.8) is 0 Å². The fourth-order valence-electron chi connectivity index (χ4n) is 1.45. The molecule has 1 nitrogen and oxygen atoms in total. The van der Waals surface area contributed by atoms with Crippen molar-refractivity contribution in [1.82, 2.24) is 0 Å². The normalized spacial score (nSPS) is 9.93. The second kappa shape index (κ2) is 4.65. The first-order valence-electron chi connectivity index (χ1n) is 5.12. The van der Waals surface area contributed by atoms with Crippen LogP contribution in [0.5, 0.6) is 11.5 Å². The Morgan fingerprint density at radius 3 is 2.60 bits per heavy atom. The Labute approximate surface area is 90.3 Å². The first-order chi connectivity index (χ1) is 7.40. The van der Waals surface area contributed by atoms with Gasteiger partial charge in [-0.25, -0.2) is 0 Å². The highest BCUT2D eigenvalue weighted by atomic mass is 16.5. The molecule has 0 N–H and O–H groups in total. The van der Waals surface area contributed by atoms with Crippen molar-refractivity contribution in [2.24, 2.45) is 0 Å². The molecule has 0 aliphatic rings. The van der Waals surface area contributed by atoms with E-state index in [-0.39, 0.29) is 0 Å². The average Bonchev–Trinajstić information content (AvgIpc) is 2.31. The Hall–Kier alpha value is -1.76. The second-order valence-corrected chi connectivity index (χ2v) is 3.29. The van der Waals surface area contributed by atoms with Gasteiger partial charge >= 0.3 is 0 Å². The van der Waals surface area contributed by atoms with Crippen LogP contribution in [0.15, 0.2) is 48.5 Å². The van der Waals surface area contributed by atoms with Gasteiger partial charge in [0.25, 0.3) is 0 Å². The summed E-state index contributed by atoms with van der Waals surface area (Å²) >= 11 is 0. The minimum absolute atomic E-state index is 0.762. The van der Waals surface area contributed by atoms with Crippen molar-refractivity contribution < 1.29 is 4.74 Å². The maximum absolute atomic E-state index is 5.74. The SMILES string of the molecule is CCc1ccccc1Oc1[c]cccc1. The van der Waals surface area contributed by atoms with Crippen LogP contribution in [-0.4, -0.2) is 0 Å². The van der Waals surface area contributed by atoms with E-state index in [2.05, 4.69) is 19.1 Å². The third-order valence-corrected chi connectivity index (χ3v) is 2.25. The standard InChI is InChI=1S/C14H13O/c1-2-12-8-6-7-11-14(12)15-13-9-4-3-5-10-13/h3-9,11H,2H2,1H3. The van der Waals surface area contributed by atoms with Crippen LogP contribution in [0.4, 0.5) is 0 Å². The van der Waals surface area contributed by atoms with Gasteiger partial charge in [-0.2, -0.15) is 0 Å². The van der Waals surface area contributed by atoms with Gasteiger partial charge in [-0.05, 0) is 24.1 Å². The van der Waals surface area contributed by atoms with Crippen LogP contribution in [0, 0.1) is 6.07 Å². The lowest BCUT2D eigenvalue weighted by atomic mass is 10.1. The number of para-hydroxylation sites is 2. The lowest BCUT2D eigenvalue weighted by Gasteiger charge is -2.08. The van der Waals surface area contributed by atoms with Gasteiger partial charge in [-0.15, -0.1) is 0 Å². The van der Waals surface area contributed by atoms with E-state index in [4.69, 9.17) is 4.74 Å². The fourth-order valence-corrected chi connectivity index (χ4v) is 1.45. The van der Waals surface area contributed by atoms with Gasteiger partial charge in [0, 0.05) is 6.07 Å². The molecular formula is C14H13O. The van der Waals surface area contributed by atoms with E-state index in [1.165, 1.54) is 5.56 Å². The molecule has 0 unspecified atom stereocenters. The summed E-state index contributed by atoms with van der Waals surface area (Å²) in [6, 6.07) is 18.8. The first-order valence-corrected chi connectivity index (χ1v) is 5.12. The summed E-state index contributed by atoms with van der Waals surface area (Å²) in [6.45, 7) is 2.12. The molecule has 1 heteroatoms. The summed E-state index contributed by atoms with van der Waals surface area (Å²) in [5.41, 5.74) is 1.22. The summed E-state index contributed by atoms with van der Waals surface area (Å²) in [7, 11) is 0. The van der Waals surface area contributed by atoms with Crippen LogP contribution >= 0.6 is 0 Å². The summed E-state index contributed by atoms with van der Waals surface area (Å²) < 4.78 is 5.74. The van der Waals surface area contributed by atoms with Crippen LogP contribution in [0.25, 0.3) is 0 Å². The minimum Gasteiger partial charge on any atom is -0.456 e. The molecule has 0 saturated heterocycles. The average molecular weight is 197 g/mol. The van der Waals surface area contributed by atoms with Crippen LogP contribution < -0.4 is 4.74 Å². The predicted octanol–water partition coefficient (Wildman–Crippen LogP) is 3.84. The molecule has 0 fully saturated rings. The van der Waals surface area contributed by atoms with Crippen LogP contribution in [-0.2, 0) is 6.42 Å². The smallest absolute Gasteiger partial charge is 0.135 e. The molecule has 0 saturated carbocycles. The highest BCUT2D eigenvalue weighted by Gasteiger charge is 2.01. The Balaban J connectivity index is 2.24. The van der Waals surface area contributed by atoms with Gasteiger partial charge in [0.1, 0.15) is 11.5 Å². The lowest BCUT2D eigenvalue weighted by molar-refractivity contribution is 0.476. The van der Waals surface area contributed by atoms with E-state index in [1.807, 2.05) is 42.5 Å². The number of aryl methyl sites for hydroxylation is 1. The highest BCUT2D eigenvalue weighted by molar-refractivity contribution is 5.37. The fraction of sp³-hybridized carbons (Fsp3) is 0.143. The van der Waals surface area contributed by atoms with Crippen molar-refractivity contribution in [2.45, 2.75) is 13.3 Å². The molecule has 15 heavy (non-hydrogen) atoms. The van der Waals surface area contributed by atoms with Crippen LogP contribution in [0.1, 0.15) is 12.5 Å². The molecule has 0 aliphatic carbocycles. The van der Waals surface area contributed by atoms with Gasteiger partial charge in [0.2, 0.25) is 0 Å². The second-order valence-electron chi connectivity index (χ2n) is 3.29. The molecule has 0 spiro atoms. The Kier molecular flexibility index (Phi) is 3.03. The van der Waals surface area contributed by atoms with Gasteiger partial charge in [-0.3, -0.25) is 0 Å². The van der Waals surface area contributed by atoms with Crippen LogP contribution in [0.3, 0.4) is 0 Å². The van der Waals surface area contributed by atoms with Gasteiger partial charge < -0.3 is 4.74 Å². The van der Waals surface area contributed by atoms with E-state index in [1.54, 1.807) is 0 Å². The molecule has 2 aromatic carbocycles. The third-order valence-electron chi connectivity index (χ3n) is 2.25.